The Kier molecular flexibility index (Phi) is 6.91. The first kappa shape index (κ1) is 30.8. The maximum atomic E-state index is 6.62. The third kappa shape index (κ3) is 4.62. The zero-order chi connectivity index (χ0) is 35.6. The number of para-hydroxylation sites is 2. The van der Waals surface area contributed by atoms with Gasteiger partial charge in [-0.05, 0) is 74.5 Å². The van der Waals surface area contributed by atoms with Gasteiger partial charge >= 0.3 is 0 Å². The maximum Gasteiger partial charge on any atom is 0.211 e. The predicted molar refractivity (Wildman–Crippen MR) is 219 cm³/mol. The Morgan fingerprint density at radius 3 is 1.85 bits per heavy atom. The van der Waals surface area contributed by atoms with E-state index in [0.29, 0.717) is 0 Å². The van der Waals surface area contributed by atoms with Crippen LogP contribution in [0.4, 0.5) is 0 Å². The lowest BCUT2D eigenvalue weighted by molar-refractivity contribution is -0.609. The highest BCUT2D eigenvalue weighted by Gasteiger charge is 2.51. The number of hydrogen-bond donors (Lipinski definition) is 1. The summed E-state index contributed by atoms with van der Waals surface area (Å²) in [7, 11) is 0. The van der Waals surface area contributed by atoms with Crippen LogP contribution in [-0.2, 0) is 5.41 Å². The molecule has 2 heterocycles. The molecule has 0 aromatic heterocycles. The summed E-state index contributed by atoms with van der Waals surface area (Å²) >= 11 is 0. The quantitative estimate of drug-likeness (QED) is 0.196. The van der Waals surface area contributed by atoms with E-state index in [1.807, 2.05) is 0 Å². The van der Waals surface area contributed by atoms with Crippen LogP contribution in [0.1, 0.15) is 45.1 Å². The highest BCUT2D eigenvalue weighted by atomic mass is 16.5. The molecule has 254 valence electrons. The van der Waals surface area contributed by atoms with Crippen molar-refractivity contribution in [2.24, 2.45) is 4.99 Å². The van der Waals surface area contributed by atoms with Crippen molar-refractivity contribution in [3.05, 3.63) is 233 Å². The monoisotopic (exact) mass is 691 g/mol. The van der Waals surface area contributed by atoms with Crippen LogP contribution in [0.15, 0.2) is 199 Å². The lowest BCUT2D eigenvalue weighted by atomic mass is 9.66. The van der Waals surface area contributed by atoms with Crippen molar-refractivity contribution in [3.8, 4) is 33.8 Å². The SMILES string of the molecule is C1=C(c2ccccc2)[NH2+]C(c2ccc(-c3ccc4c(c3)C3(c5ccccc5Oc5ccccc53)c3ccc5ccccc5c3-4)cc2)N=C1c1ccccc1. The summed E-state index contributed by atoms with van der Waals surface area (Å²) in [5.74, 6) is 1.81. The largest absolute Gasteiger partial charge is 0.457 e. The highest BCUT2D eigenvalue weighted by molar-refractivity contribution is 6.12. The summed E-state index contributed by atoms with van der Waals surface area (Å²) < 4.78 is 6.62. The van der Waals surface area contributed by atoms with Gasteiger partial charge in [-0.1, -0.05) is 158 Å². The molecule has 2 N–H and O–H groups in total. The maximum absolute atomic E-state index is 6.62. The summed E-state index contributed by atoms with van der Waals surface area (Å²) in [4.78, 5) is 5.27. The molecule has 8 aromatic rings. The molecule has 0 radical (unpaired) electrons. The second-order valence-corrected chi connectivity index (χ2v) is 14.4. The number of benzene rings is 8. The lowest BCUT2D eigenvalue weighted by Gasteiger charge is -2.39. The summed E-state index contributed by atoms with van der Waals surface area (Å²) in [5.41, 5.74) is 15.0. The van der Waals surface area contributed by atoms with E-state index in [-0.39, 0.29) is 6.17 Å². The zero-order valence-corrected chi connectivity index (χ0v) is 29.5. The van der Waals surface area contributed by atoms with E-state index in [9.17, 15) is 0 Å². The molecule has 8 aromatic carbocycles. The van der Waals surface area contributed by atoms with Crippen LogP contribution in [0, 0.1) is 0 Å². The van der Waals surface area contributed by atoms with Gasteiger partial charge in [-0.2, -0.15) is 0 Å². The molecule has 0 amide bonds. The second-order valence-electron chi connectivity index (χ2n) is 14.4. The third-order valence-corrected chi connectivity index (χ3v) is 11.5. The molecule has 3 nitrogen and oxygen atoms in total. The predicted octanol–water partition coefficient (Wildman–Crippen LogP) is 11.1. The van der Waals surface area contributed by atoms with Gasteiger partial charge in [-0.3, -0.25) is 5.32 Å². The number of aliphatic imine (C=N–C) groups is 1. The van der Waals surface area contributed by atoms with Gasteiger partial charge < -0.3 is 4.74 Å². The smallest absolute Gasteiger partial charge is 0.211 e. The van der Waals surface area contributed by atoms with Crippen LogP contribution in [0.25, 0.3) is 38.7 Å². The minimum atomic E-state index is -0.532. The molecule has 11 rings (SSSR count). The fourth-order valence-corrected chi connectivity index (χ4v) is 9.06. The Labute approximate surface area is 314 Å². The minimum absolute atomic E-state index is 0.101. The number of fused-ring (bicyclic) bond motifs is 11. The van der Waals surface area contributed by atoms with Gasteiger partial charge in [-0.25, -0.2) is 4.99 Å². The van der Waals surface area contributed by atoms with E-state index in [1.165, 1.54) is 66.5 Å². The Hall–Kier alpha value is -6.81. The van der Waals surface area contributed by atoms with Crippen molar-refractivity contribution in [1.29, 1.82) is 0 Å². The van der Waals surface area contributed by atoms with Gasteiger partial charge in [0, 0.05) is 33.9 Å². The normalized spacial score (nSPS) is 16.0. The van der Waals surface area contributed by atoms with Crippen LogP contribution in [0.3, 0.4) is 0 Å². The molecule has 54 heavy (non-hydrogen) atoms. The summed E-state index contributed by atoms with van der Waals surface area (Å²) in [5, 5.41) is 4.81. The van der Waals surface area contributed by atoms with Gasteiger partial charge in [0.15, 0.2) is 0 Å². The fraction of sp³-hybridized carbons (Fsp3) is 0.0392. The first-order valence-electron chi connectivity index (χ1n) is 18.7. The van der Waals surface area contributed by atoms with Crippen LogP contribution < -0.4 is 10.1 Å². The van der Waals surface area contributed by atoms with Gasteiger partial charge in [-0.15, -0.1) is 0 Å². The second kappa shape index (κ2) is 12.1. The van der Waals surface area contributed by atoms with Crippen molar-refractivity contribution in [3.63, 3.8) is 0 Å². The molecule has 0 saturated heterocycles. The fourth-order valence-electron chi connectivity index (χ4n) is 9.06. The lowest BCUT2D eigenvalue weighted by Crippen LogP contribution is -2.82. The van der Waals surface area contributed by atoms with Crippen LogP contribution in [0.5, 0.6) is 11.5 Å². The molecule has 2 aliphatic heterocycles. The summed E-state index contributed by atoms with van der Waals surface area (Å²) in [6, 6.07) is 67.8. The van der Waals surface area contributed by atoms with Gasteiger partial charge in [0.2, 0.25) is 6.17 Å². The summed E-state index contributed by atoms with van der Waals surface area (Å²) in [6.07, 6.45) is 2.11. The van der Waals surface area contributed by atoms with E-state index in [1.54, 1.807) is 0 Å². The number of hydrogen-bond acceptors (Lipinski definition) is 2. The molecular formula is C51H35N2O+. The third-order valence-electron chi connectivity index (χ3n) is 11.5. The number of nitrogens with zero attached hydrogens (tertiary/aromatic N) is 1. The average molecular weight is 692 g/mol. The van der Waals surface area contributed by atoms with Gasteiger partial charge in [0.25, 0.3) is 0 Å². The molecule has 1 atom stereocenters. The topological polar surface area (TPSA) is 38.2 Å². The van der Waals surface area contributed by atoms with Crippen LogP contribution in [0.2, 0.25) is 0 Å². The molecule has 3 heteroatoms. The molecule has 0 bridgehead atoms. The zero-order valence-electron chi connectivity index (χ0n) is 29.5. The van der Waals surface area contributed by atoms with E-state index >= 15 is 0 Å². The molecule has 1 unspecified atom stereocenters. The van der Waals surface area contributed by atoms with Crippen LogP contribution in [-0.4, -0.2) is 5.71 Å². The van der Waals surface area contributed by atoms with E-state index in [2.05, 4.69) is 199 Å². The van der Waals surface area contributed by atoms with Crippen molar-refractivity contribution < 1.29 is 10.1 Å². The molecule has 1 spiro atoms. The van der Waals surface area contributed by atoms with Gasteiger partial charge in [0.1, 0.15) is 17.2 Å². The van der Waals surface area contributed by atoms with Crippen molar-refractivity contribution in [2.45, 2.75) is 11.6 Å². The minimum Gasteiger partial charge on any atom is -0.457 e. The van der Waals surface area contributed by atoms with E-state index < -0.39 is 5.41 Å². The molecule has 1 aliphatic carbocycles. The van der Waals surface area contributed by atoms with Gasteiger partial charge in [0.05, 0.1) is 11.1 Å². The number of nitrogens with two attached hydrogens (primary N) is 1. The highest BCUT2D eigenvalue weighted by Crippen LogP contribution is 2.63. The van der Waals surface area contributed by atoms with E-state index in [4.69, 9.17) is 9.73 Å². The standard InChI is InChI=1S/C51H34N2O/c1-3-14-35(15-4-1)45-32-46(36-16-5-2-6-17-36)53-50(52-45)37-25-23-33(24-26-37)38-27-29-40-44(31-38)51(43-30-28-34-13-7-8-18-39(34)49(40)43)41-19-9-11-21-47(41)54-48-22-12-10-20-42(48)51/h1-32,50,52H/p+1. The van der Waals surface area contributed by atoms with Crippen molar-refractivity contribution in [1.82, 2.24) is 0 Å². The Morgan fingerprint density at radius 1 is 0.481 bits per heavy atom. The Morgan fingerprint density at radius 2 is 1.11 bits per heavy atom. The first-order chi connectivity index (χ1) is 26.8. The Bertz CT molecular complexity index is 2770. The number of ether oxygens (including phenoxy) is 1. The Balaban J connectivity index is 1.05. The average Bonchev–Trinajstić information content (AvgIpc) is 3.54. The number of quaternary nitrogens is 1. The first-order valence-corrected chi connectivity index (χ1v) is 18.7. The number of rotatable bonds is 4. The molecule has 3 aliphatic rings. The van der Waals surface area contributed by atoms with Crippen LogP contribution >= 0.6 is 0 Å². The van der Waals surface area contributed by atoms with Crippen molar-refractivity contribution in [2.75, 3.05) is 0 Å². The number of allylic oxidation sites excluding steroid dienone is 1. The van der Waals surface area contributed by atoms with E-state index in [0.717, 1.165) is 28.3 Å². The molecule has 0 saturated carbocycles. The van der Waals surface area contributed by atoms with Crippen molar-refractivity contribution >= 4 is 22.2 Å². The summed E-state index contributed by atoms with van der Waals surface area (Å²) in [6.45, 7) is 0. The molecular weight excluding hydrogens is 657 g/mol. The molecule has 0 fully saturated rings.